The molecule has 2 N–H and O–H groups in total. The van der Waals surface area contributed by atoms with E-state index < -0.39 is 22.3 Å². The fraction of sp³-hybridized carbons (Fsp3) is 0.0588. The molecule has 1 amide bonds. The largest absolute Gasteiger partial charge is 0.500 e. The molecule has 0 aliphatic carbocycles. The number of carbonyl (C=O) groups excluding carboxylic acids is 1. The van der Waals surface area contributed by atoms with Crippen LogP contribution in [0.1, 0.15) is 11.1 Å². The van der Waals surface area contributed by atoms with Crippen molar-refractivity contribution in [3.05, 3.63) is 69.8 Å². The van der Waals surface area contributed by atoms with E-state index in [4.69, 9.17) is 4.74 Å². The number of nitro groups is 1. The molecule has 25 heavy (non-hydrogen) atoms. The number of hydrogen-bond donors (Lipinski definition) is 2. The van der Waals surface area contributed by atoms with Crippen molar-refractivity contribution in [3.8, 4) is 11.5 Å². The van der Waals surface area contributed by atoms with Gasteiger partial charge in [-0.15, -0.1) is 0 Å². The molecule has 0 saturated carbocycles. The molecule has 0 aliphatic rings. The Morgan fingerprint density at radius 2 is 2.00 bits per heavy atom. The first-order chi connectivity index (χ1) is 12.0. The van der Waals surface area contributed by atoms with E-state index in [0.717, 1.165) is 11.6 Å². The molecule has 2 aromatic carbocycles. The van der Waals surface area contributed by atoms with Gasteiger partial charge in [-0.3, -0.25) is 14.9 Å². The van der Waals surface area contributed by atoms with Gasteiger partial charge in [0.15, 0.2) is 5.75 Å². The van der Waals surface area contributed by atoms with Crippen LogP contribution in [0.4, 0.5) is 5.69 Å². The van der Waals surface area contributed by atoms with Crippen LogP contribution in [-0.2, 0) is 4.79 Å². The minimum absolute atomic E-state index is 0.0639. The Morgan fingerprint density at radius 1 is 1.28 bits per heavy atom. The lowest BCUT2D eigenvalue weighted by Gasteiger charge is -2.04. The number of carbonyl (C=O) groups is 1. The summed E-state index contributed by atoms with van der Waals surface area (Å²) in [5, 5.41) is 24.3. The molecule has 0 heterocycles. The molecule has 128 valence electrons. The van der Waals surface area contributed by atoms with E-state index in [-0.39, 0.29) is 11.3 Å². The number of benzene rings is 2. The Kier molecular flexibility index (Phi) is 5.83. The van der Waals surface area contributed by atoms with Crippen molar-refractivity contribution in [2.45, 2.75) is 0 Å². The average Bonchev–Trinajstić information content (AvgIpc) is 2.61. The van der Waals surface area contributed by atoms with E-state index in [9.17, 15) is 20.0 Å². The maximum absolute atomic E-state index is 11.7. The van der Waals surface area contributed by atoms with Gasteiger partial charge in [0, 0.05) is 17.7 Å². The first-order valence-corrected chi connectivity index (χ1v) is 7.13. The Bertz CT molecular complexity index is 832. The molecule has 0 spiro atoms. The summed E-state index contributed by atoms with van der Waals surface area (Å²) in [7, 11) is 1.27. The summed E-state index contributed by atoms with van der Waals surface area (Å²) in [6, 6.07) is 11.7. The van der Waals surface area contributed by atoms with E-state index in [1.165, 1.54) is 25.5 Å². The molecule has 0 unspecified atom stereocenters. The highest BCUT2D eigenvalue weighted by atomic mass is 16.6. The number of nitrogens with one attached hydrogen (secondary N) is 1. The summed E-state index contributed by atoms with van der Waals surface area (Å²) in [6.07, 6.45) is 4.15. The molecular weight excluding hydrogens is 326 g/mol. The van der Waals surface area contributed by atoms with Crippen molar-refractivity contribution in [1.29, 1.82) is 0 Å². The lowest BCUT2D eigenvalue weighted by molar-refractivity contribution is -0.386. The van der Waals surface area contributed by atoms with Gasteiger partial charge in [-0.25, -0.2) is 5.43 Å². The summed E-state index contributed by atoms with van der Waals surface area (Å²) in [5.41, 5.74) is 2.90. The van der Waals surface area contributed by atoms with Crippen LogP contribution in [-0.4, -0.2) is 29.3 Å². The summed E-state index contributed by atoms with van der Waals surface area (Å²) in [4.78, 5) is 21.8. The number of hydrogen-bond acceptors (Lipinski definition) is 6. The molecule has 0 radical (unpaired) electrons. The molecule has 2 rings (SSSR count). The van der Waals surface area contributed by atoms with E-state index in [0.29, 0.717) is 0 Å². The second-order valence-electron chi connectivity index (χ2n) is 4.83. The minimum Gasteiger partial charge on any atom is -0.500 e. The van der Waals surface area contributed by atoms with Crippen LogP contribution in [0.25, 0.3) is 6.08 Å². The Labute approximate surface area is 143 Å². The topological polar surface area (TPSA) is 114 Å². The number of nitro benzene ring substituents is 1. The third kappa shape index (κ3) is 4.90. The number of methoxy groups -OCH3 is 1. The van der Waals surface area contributed by atoms with Gasteiger partial charge in [-0.05, 0) is 17.7 Å². The van der Waals surface area contributed by atoms with Crippen LogP contribution in [0.5, 0.6) is 11.5 Å². The van der Waals surface area contributed by atoms with Crippen molar-refractivity contribution >= 4 is 23.9 Å². The van der Waals surface area contributed by atoms with Gasteiger partial charge in [0.25, 0.3) is 5.91 Å². The van der Waals surface area contributed by atoms with Gasteiger partial charge >= 0.3 is 5.69 Å². The highest BCUT2D eigenvalue weighted by molar-refractivity contribution is 5.92. The zero-order valence-electron chi connectivity index (χ0n) is 13.2. The van der Waals surface area contributed by atoms with Gasteiger partial charge in [-0.1, -0.05) is 30.3 Å². The molecule has 2 aromatic rings. The van der Waals surface area contributed by atoms with Crippen molar-refractivity contribution in [3.63, 3.8) is 0 Å². The predicted octanol–water partition coefficient (Wildman–Crippen LogP) is 2.47. The molecule has 0 aliphatic heterocycles. The zero-order valence-corrected chi connectivity index (χ0v) is 13.2. The van der Waals surface area contributed by atoms with Crippen molar-refractivity contribution in [2.75, 3.05) is 7.11 Å². The highest BCUT2D eigenvalue weighted by Crippen LogP contribution is 2.36. The maximum atomic E-state index is 11.7. The fourth-order valence-corrected chi connectivity index (χ4v) is 1.93. The van der Waals surface area contributed by atoms with Crippen molar-refractivity contribution in [1.82, 2.24) is 5.43 Å². The average molecular weight is 341 g/mol. The first kappa shape index (κ1) is 17.7. The van der Waals surface area contributed by atoms with E-state index >= 15 is 0 Å². The van der Waals surface area contributed by atoms with Crippen molar-refractivity contribution in [2.24, 2.45) is 5.10 Å². The summed E-state index contributed by atoms with van der Waals surface area (Å²) in [5.74, 6) is -1.09. The Morgan fingerprint density at radius 3 is 2.64 bits per heavy atom. The number of phenols is 1. The molecule has 0 bridgehead atoms. The summed E-state index contributed by atoms with van der Waals surface area (Å²) in [6.45, 7) is 0. The van der Waals surface area contributed by atoms with Crippen LogP contribution in [0, 0.1) is 10.1 Å². The highest BCUT2D eigenvalue weighted by Gasteiger charge is 2.19. The Hall–Kier alpha value is -3.68. The van der Waals surface area contributed by atoms with Gasteiger partial charge in [0.2, 0.25) is 5.75 Å². The second-order valence-corrected chi connectivity index (χ2v) is 4.83. The third-order valence-corrected chi connectivity index (χ3v) is 3.11. The molecule has 0 aromatic heterocycles. The molecule has 8 heteroatoms. The number of rotatable bonds is 6. The van der Waals surface area contributed by atoms with Crippen molar-refractivity contribution < 1.29 is 19.6 Å². The number of amides is 1. The van der Waals surface area contributed by atoms with E-state index in [2.05, 4.69) is 10.5 Å². The van der Waals surface area contributed by atoms with Crippen LogP contribution >= 0.6 is 0 Å². The van der Waals surface area contributed by atoms with Crippen LogP contribution in [0.3, 0.4) is 0 Å². The zero-order chi connectivity index (χ0) is 18.2. The fourth-order valence-electron chi connectivity index (χ4n) is 1.93. The van der Waals surface area contributed by atoms with E-state index in [1.807, 2.05) is 30.3 Å². The Balaban J connectivity index is 2.06. The van der Waals surface area contributed by atoms with Gasteiger partial charge in [0.1, 0.15) is 0 Å². The van der Waals surface area contributed by atoms with Gasteiger partial charge in [-0.2, -0.15) is 5.10 Å². The quantitative estimate of drug-likeness (QED) is 0.362. The maximum Gasteiger partial charge on any atom is 0.315 e. The molecule has 0 fully saturated rings. The summed E-state index contributed by atoms with van der Waals surface area (Å²) >= 11 is 0. The van der Waals surface area contributed by atoms with Gasteiger partial charge < -0.3 is 9.84 Å². The molecule has 0 atom stereocenters. The number of hydrazone groups is 1. The molecular formula is C17H15N3O5. The lowest BCUT2D eigenvalue weighted by Crippen LogP contribution is -2.14. The monoisotopic (exact) mass is 341 g/mol. The SMILES string of the molecule is COc1cc(/C=N\NC(=O)/C=C/c2ccccc2)cc([N+](=O)[O-])c1O. The summed E-state index contributed by atoms with van der Waals surface area (Å²) < 4.78 is 4.88. The number of phenolic OH excluding ortho intramolecular Hbond substituents is 1. The van der Waals surface area contributed by atoms with Gasteiger partial charge in [0.05, 0.1) is 18.2 Å². The molecule has 8 nitrogen and oxygen atoms in total. The van der Waals surface area contributed by atoms with Crippen LogP contribution in [0.2, 0.25) is 0 Å². The number of aromatic hydroxyl groups is 1. The lowest BCUT2D eigenvalue weighted by atomic mass is 10.2. The third-order valence-electron chi connectivity index (χ3n) is 3.11. The first-order valence-electron chi connectivity index (χ1n) is 7.13. The smallest absolute Gasteiger partial charge is 0.315 e. The van der Waals surface area contributed by atoms with Crippen LogP contribution < -0.4 is 10.2 Å². The minimum atomic E-state index is -0.740. The standard InChI is InChI=1S/C17H15N3O5/c1-25-15-10-13(9-14(17(15)22)20(23)24)11-18-19-16(21)8-7-12-5-3-2-4-6-12/h2-11,22H,1H3,(H,19,21)/b8-7+,18-11-. The predicted molar refractivity (Wildman–Crippen MR) is 92.5 cm³/mol. The number of ether oxygens (including phenoxy) is 1. The van der Waals surface area contributed by atoms with Crippen LogP contribution in [0.15, 0.2) is 53.6 Å². The number of nitrogens with zero attached hydrogens (tertiary/aromatic N) is 2. The van der Waals surface area contributed by atoms with E-state index in [1.54, 1.807) is 6.08 Å². The second kappa shape index (κ2) is 8.25. The normalized spacial score (nSPS) is 10.9. The molecule has 0 saturated heterocycles.